The van der Waals surface area contributed by atoms with Crippen LogP contribution in [0.5, 0.6) is 0 Å². The molecule has 1 saturated heterocycles. The van der Waals surface area contributed by atoms with Crippen LogP contribution in [0.4, 0.5) is 11.4 Å². The van der Waals surface area contributed by atoms with Crippen molar-refractivity contribution in [1.29, 1.82) is 0 Å². The number of carbonyl (C=O) groups excluding carboxylic acids is 1. The normalized spacial score (nSPS) is 15.3. The van der Waals surface area contributed by atoms with E-state index in [0.717, 1.165) is 15.6 Å². The number of anilines is 2. The predicted molar refractivity (Wildman–Crippen MR) is 148 cm³/mol. The zero-order valence-corrected chi connectivity index (χ0v) is 23.4. The van der Waals surface area contributed by atoms with Gasteiger partial charge in [0.25, 0.3) is 10.0 Å². The minimum absolute atomic E-state index is 0.0581. The van der Waals surface area contributed by atoms with Gasteiger partial charge in [-0.15, -0.1) is 0 Å². The molecule has 0 saturated carbocycles. The van der Waals surface area contributed by atoms with Crippen molar-refractivity contribution in [3.8, 4) is 0 Å². The van der Waals surface area contributed by atoms with Gasteiger partial charge in [-0.2, -0.15) is 0 Å². The van der Waals surface area contributed by atoms with Crippen molar-refractivity contribution in [2.45, 2.75) is 30.4 Å². The Morgan fingerprint density at radius 3 is 2.16 bits per heavy atom. The Bertz CT molecular complexity index is 1470. The van der Waals surface area contributed by atoms with Gasteiger partial charge in [-0.05, 0) is 73.9 Å². The lowest BCUT2D eigenvalue weighted by atomic mass is 9.97. The predicted octanol–water partition coefficient (Wildman–Crippen LogP) is 4.74. The highest BCUT2D eigenvalue weighted by Crippen LogP contribution is 2.24. The quantitative estimate of drug-likeness (QED) is 0.385. The zero-order chi connectivity index (χ0) is 26.6. The van der Waals surface area contributed by atoms with Crippen LogP contribution in [0.15, 0.2) is 82.2 Å². The molecule has 0 bridgehead atoms. The van der Waals surface area contributed by atoms with Gasteiger partial charge in [-0.25, -0.2) is 21.1 Å². The Hall–Kier alpha value is -2.73. The van der Waals surface area contributed by atoms with E-state index in [-0.39, 0.29) is 35.6 Å². The summed E-state index contributed by atoms with van der Waals surface area (Å²) in [6.45, 7) is 2.49. The monoisotopic (exact) mass is 605 g/mol. The summed E-state index contributed by atoms with van der Waals surface area (Å²) in [5.41, 5.74) is 2.67. The molecule has 3 aromatic carbocycles. The van der Waals surface area contributed by atoms with E-state index in [1.165, 1.54) is 28.6 Å². The maximum Gasteiger partial charge on any atom is 0.261 e. The van der Waals surface area contributed by atoms with Crippen molar-refractivity contribution in [2.75, 3.05) is 23.1 Å². The first-order valence-corrected chi connectivity index (χ1v) is 15.6. The third-order valence-corrected chi connectivity index (χ3v) is 9.95. The maximum atomic E-state index is 12.8. The number of hydrogen-bond donors (Lipinski definition) is 2. The first kappa shape index (κ1) is 27.3. The summed E-state index contributed by atoms with van der Waals surface area (Å²) in [5.74, 6) is -0.593. The van der Waals surface area contributed by atoms with Crippen LogP contribution < -0.4 is 10.0 Å². The molecule has 4 rings (SSSR count). The van der Waals surface area contributed by atoms with Crippen LogP contribution in [0.3, 0.4) is 0 Å². The van der Waals surface area contributed by atoms with Crippen LogP contribution in [0.25, 0.3) is 0 Å². The molecular weight excluding hydrogens is 578 g/mol. The summed E-state index contributed by atoms with van der Waals surface area (Å²) < 4.78 is 55.8. The molecule has 8 nitrogen and oxygen atoms in total. The van der Waals surface area contributed by atoms with Gasteiger partial charge >= 0.3 is 0 Å². The van der Waals surface area contributed by atoms with E-state index in [2.05, 4.69) is 26.0 Å². The molecule has 196 valence electrons. The van der Waals surface area contributed by atoms with Crippen molar-refractivity contribution in [3.63, 3.8) is 0 Å². The lowest BCUT2D eigenvalue weighted by Crippen LogP contribution is -2.41. The van der Waals surface area contributed by atoms with Crippen molar-refractivity contribution in [1.82, 2.24) is 4.31 Å². The zero-order valence-electron chi connectivity index (χ0n) is 20.2. The fourth-order valence-corrected chi connectivity index (χ4v) is 7.07. The van der Waals surface area contributed by atoms with Crippen LogP contribution in [0.2, 0.25) is 0 Å². The molecular formula is C26H28BrN3O5S2. The molecule has 2 N–H and O–H groups in total. The lowest BCUT2D eigenvalue weighted by molar-refractivity contribution is -0.120. The molecule has 0 radical (unpaired) electrons. The third-order valence-electron chi connectivity index (χ3n) is 6.18. The van der Waals surface area contributed by atoms with Crippen LogP contribution in [-0.4, -0.2) is 40.1 Å². The summed E-state index contributed by atoms with van der Waals surface area (Å²) in [7, 11) is -7.25. The first-order valence-electron chi connectivity index (χ1n) is 11.7. The number of aryl methyl sites for hydroxylation is 1. The second kappa shape index (κ2) is 11.3. The number of nitrogens with zero attached hydrogens (tertiary/aromatic N) is 1. The van der Waals surface area contributed by atoms with Gasteiger partial charge in [-0.1, -0.05) is 45.8 Å². The second-order valence-electron chi connectivity index (χ2n) is 9.04. The van der Waals surface area contributed by atoms with E-state index in [1.807, 2.05) is 25.1 Å². The molecule has 1 amide bonds. The third kappa shape index (κ3) is 7.19. The smallest absolute Gasteiger partial charge is 0.261 e. The number of rotatable bonds is 8. The molecule has 0 unspecified atom stereocenters. The van der Waals surface area contributed by atoms with Crippen molar-refractivity contribution < 1.29 is 21.6 Å². The Balaban J connectivity index is 1.31. The van der Waals surface area contributed by atoms with Crippen LogP contribution >= 0.6 is 15.9 Å². The summed E-state index contributed by atoms with van der Waals surface area (Å²) in [5, 5.41) is 2.82. The number of hydrogen-bond acceptors (Lipinski definition) is 5. The molecule has 3 aromatic rings. The number of sulfonamides is 2. The Morgan fingerprint density at radius 1 is 0.919 bits per heavy atom. The summed E-state index contributed by atoms with van der Waals surface area (Å²) in [6.07, 6.45) is 0.838. The molecule has 1 aliphatic rings. The SMILES string of the molecule is Cc1cccc(CS(=O)(=O)N2CCC(C(=O)Nc3ccc(S(=O)(=O)Nc4ccc(Br)cc4)cc3)CC2)c1. The van der Waals surface area contributed by atoms with Crippen molar-refractivity contribution in [2.24, 2.45) is 5.92 Å². The summed E-state index contributed by atoms with van der Waals surface area (Å²) >= 11 is 3.31. The number of piperidine rings is 1. The van der Waals surface area contributed by atoms with Crippen LogP contribution in [0.1, 0.15) is 24.0 Å². The van der Waals surface area contributed by atoms with Crippen LogP contribution in [-0.2, 0) is 30.6 Å². The molecule has 37 heavy (non-hydrogen) atoms. The molecule has 1 aliphatic heterocycles. The largest absolute Gasteiger partial charge is 0.326 e. The van der Waals surface area contributed by atoms with Gasteiger partial charge in [0.2, 0.25) is 15.9 Å². The van der Waals surface area contributed by atoms with Gasteiger partial charge in [0.1, 0.15) is 0 Å². The van der Waals surface area contributed by atoms with E-state index >= 15 is 0 Å². The average Bonchev–Trinajstić information content (AvgIpc) is 2.85. The van der Waals surface area contributed by atoms with Crippen LogP contribution in [0, 0.1) is 12.8 Å². The van der Waals surface area contributed by atoms with E-state index in [4.69, 9.17) is 0 Å². The van der Waals surface area contributed by atoms with E-state index in [9.17, 15) is 21.6 Å². The van der Waals surface area contributed by atoms with Crippen molar-refractivity contribution in [3.05, 3.63) is 88.4 Å². The van der Waals surface area contributed by atoms with Gasteiger partial charge < -0.3 is 5.32 Å². The Kier molecular flexibility index (Phi) is 8.37. The minimum atomic E-state index is -3.78. The summed E-state index contributed by atoms with van der Waals surface area (Å²) in [4.78, 5) is 12.9. The van der Waals surface area contributed by atoms with E-state index < -0.39 is 20.0 Å². The molecule has 0 spiro atoms. The number of halogens is 1. The Labute approximate surface area is 226 Å². The topological polar surface area (TPSA) is 113 Å². The molecule has 1 heterocycles. The summed E-state index contributed by atoms with van der Waals surface area (Å²) in [6, 6.07) is 20.1. The highest BCUT2D eigenvalue weighted by molar-refractivity contribution is 9.10. The minimum Gasteiger partial charge on any atom is -0.326 e. The van der Waals surface area contributed by atoms with Crippen molar-refractivity contribution >= 4 is 53.3 Å². The van der Waals surface area contributed by atoms with Gasteiger partial charge in [0.05, 0.1) is 10.6 Å². The second-order valence-corrected chi connectivity index (χ2v) is 13.6. The van der Waals surface area contributed by atoms with E-state index in [0.29, 0.717) is 24.2 Å². The molecule has 0 atom stereocenters. The number of nitrogens with one attached hydrogen (secondary N) is 2. The first-order chi connectivity index (χ1) is 17.5. The highest BCUT2D eigenvalue weighted by Gasteiger charge is 2.31. The number of carbonyl (C=O) groups is 1. The molecule has 0 aromatic heterocycles. The Morgan fingerprint density at radius 2 is 1.54 bits per heavy atom. The van der Waals surface area contributed by atoms with Gasteiger partial charge in [-0.3, -0.25) is 9.52 Å². The number of benzene rings is 3. The van der Waals surface area contributed by atoms with E-state index in [1.54, 1.807) is 30.3 Å². The molecule has 0 aliphatic carbocycles. The molecule has 11 heteroatoms. The number of amides is 1. The average molecular weight is 607 g/mol. The standard InChI is InChI=1S/C26H28BrN3O5S2/c1-19-3-2-4-20(17-19)18-36(32,33)30-15-13-21(14-16-30)26(31)28-23-9-11-25(12-10-23)37(34,35)29-24-7-5-22(27)6-8-24/h2-12,17,21,29H,13-16,18H2,1H3,(H,28,31). The highest BCUT2D eigenvalue weighted by atomic mass is 79.9. The lowest BCUT2D eigenvalue weighted by Gasteiger charge is -2.30. The fraction of sp³-hybridized carbons (Fsp3) is 0.269. The van der Waals surface area contributed by atoms with Gasteiger partial charge in [0, 0.05) is 34.9 Å². The van der Waals surface area contributed by atoms with Gasteiger partial charge in [0.15, 0.2) is 0 Å². The maximum absolute atomic E-state index is 12.8. The fourth-order valence-electron chi connectivity index (χ4n) is 4.19. The molecule has 1 fully saturated rings.